The van der Waals surface area contributed by atoms with Gasteiger partial charge in [0.25, 0.3) is 0 Å². The number of aliphatic hydroxyl groups excluding tert-OH is 1. The van der Waals surface area contributed by atoms with Crippen molar-refractivity contribution in [2.24, 2.45) is 0 Å². The molecule has 0 radical (unpaired) electrons. The van der Waals surface area contributed by atoms with Crippen LogP contribution >= 0.6 is 0 Å². The molecule has 2 heterocycles. The number of hydrogen-bond donors (Lipinski definition) is 1. The Balaban J connectivity index is 1.80. The molecule has 3 rings (SSSR count). The van der Waals surface area contributed by atoms with Crippen LogP contribution < -0.4 is 4.90 Å². The fourth-order valence-corrected chi connectivity index (χ4v) is 3.12. The molecule has 1 aromatic carbocycles. The van der Waals surface area contributed by atoms with Crippen molar-refractivity contribution in [1.29, 1.82) is 0 Å². The van der Waals surface area contributed by atoms with Crippen LogP contribution in [0.1, 0.15) is 36.4 Å². The van der Waals surface area contributed by atoms with E-state index < -0.39 is 6.10 Å². The maximum Gasteiger partial charge on any atom is 0.111 e. The molecular weight excluding hydrogens is 262 g/mol. The predicted molar refractivity (Wildman–Crippen MR) is 84.6 cm³/mol. The zero-order valence-electron chi connectivity index (χ0n) is 12.8. The summed E-state index contributed by atoms with van der Waals surface area (Å²) in [4.78, 5) is 6.64. The van der Waals surface area contributed by atoms with Crippen LogP contribution in [0.5, 0.6) is 0 Å². The molecule has 21 heavy (non-hydrogen) atoms. The second-order valence-electron chi connectivity index (χ2n) is 5.76. The first-order valence-corrected chi connectivity index (χ1v) is 7.71. The van der Waals surface area contributed by atoms with E-state index in [4.69, 9.17) is 0 Å². The number of nitrogens with zero attached hydrogens (tertiary/aromatic N) is 3. The lowest BCUT2D eigenvalue weighted by Crippen LogP contribution is -2.24. The number of anilines is 1. The van der Waals surface area contributed by atoms with Crippen molar-refractivity contribution >= 4 is 5.69 Å². The predicted octanol–water partition coefficient (Wildman–Crippen LogP) is 2.56. The van der Waals surface area contributed by atoms with Gasteiger partial charge in [0.1, 0.15) is 5.82 Å². The van der Waals surface area contributed by atoms with Crippen LogP contribution in [0, 0.1) is 0 Å². The van der Waals surface area contributed by atoms with Crippen LogP contribution in [-0.2, 0) is 19.4 Å². The van der Waals surface area contributed by atoms with Gasteiger partial charge in [0, 0.05) is 44.6 Å². The van der Waals surface area contributed by atoms with E-state index in [1.807, 2.05) is 12.3 Å². The molecule has 1 unspecified atom stereocenters. The molecule has 0 fully saturated rings. The Morgan fingerprint density at radius 1 is 1.38 bits per heavy atom. The zero-order valence-corrected chi connectivity index (χ0v) is 12.8. The average molecular weight is 285 g/mol. The number of imidazole rings is 1. The number of aryl methyl sites for hydroxylation is 2. The average Bonchev–Trinajstić information content (AvgIpc) is 2.94. The molecule has 0 saturated heterocycles. The summed E-state index contributed by atoms with van der Waals surface area (Å²) in [5, 5.41) is 10.5. The Hall–Kier alpha value is -1.81. The van der Waals surface area contributed by atoms with E-state index in [0.29, 0.717) is 6.42 Å². The summed E-state index contributed by atoms with van der Waals surface area (Å²) in [7, 11) is 2.13. The molecule has 0 amide bonds. The molecule has 0 spiro atoms. The summed E-state index contributed by atoms with van der Waals surface area (Å²) >= 11 is 0. The Morgan fingerprint density at radius 3 is 3.05 bits per heavy atom. The summed E-state index contributed by atoms with van der Waals surface area (Å²) < 4.78 is 2.08. The van der Waals surface area contributed by atoms with Crippen molar-refractivity contribution in [2.75, 3.05) is 18.5 Å². The van der Waals surface area contributed by atoms with E-state index >= 15 is 0 Å². The fourth-order valence-electron chi connectivity index (χ4n) is 3.12. The van der Waals surface area contributed by atoms with E-state index in [9.17, 15) is 5.11 Å². The van der Waals surface area contributed by atoms with Crippen LogP contribution in [0.3, 0.4) is 0 Å². The largest absolute Gasteiger partial charge is 0.388 e. The molecule has 1 N–H and O–H groups in total. The monoisotopic (exact) mass is 285 g/mol. The Morgan fingerprint density at radius 2 is 2.24 bits per heavy atom. The molecule has 0 aliphatic carbocycles. The summed E-state index contributed by atoms with van der Waals surface area (Å²) in [5.41, 5.74) is 3.64. The highest BCUT2D eigenvalue weighted by molar-refractivity contribution is 5.56. The standard InChI is InChI=1S/C17H23N3O/c1-3-20-10-8-18-17(20)12-16(21)14-6-7-15-13(11-14)5-4-9-19(15)2/h6-8,10-11,16,21H,3-5,9,12H2,1-2H3. The van der Waals surface area contributed by atoms with Crippen molar-refractivity contribution in [1.82, 2.24) is 9.55 Å². The van der Waals surface area contributed by atoms with Crippen LogP contribution in [0.25, 0.3) is 0 Å². The minimum absolute atomic E-state index is 0.491. The third kappa shape index (κ3) is 2.81. The van der Waals surface area contributed by atoms with Gasteiger partial charge in [-0.25, -0.2) is 4.98 Å². The van der Waals surface area contributed by atoms with Crippen LogP contribution in [-0.4, -0.2) is 28.3 Å². The number of benzene rings is 1. The van der Waals surface area contributed by atoms with Gasteiger partial charge >= 0.3 is 0 Å². The Bertz CT molecular complexity index is 620. The lowest BCUT2D eigenvalue weighted by Gasteiger charge is -2.28. The van der Waals surface area contributed by atoms with Gasteiger partial charge in [0.15, 0.2) is 0 Å². The molecular formula is C17H23N3O. The van der Waals surface area contributed by atoms with Gasteiger partial charge in [0.2, 0.25) is 0 Å². The van der Waals surface area contributed by atoms with Crippen LogP contribution in [0.4, 0.5) is 5.69 Å². The molecule has 1 aromatic heterocycles. The molecule has 4 heteroatoms. The van der Waals surface area contributed by atoms with E-state index in [1.54, 1.807) is 6.20 Å². The number of hydrogen-bond acceptors (Lipinski definition) is 3. The highest BCUT2D eigenvalue weighted by Gasteiger charge is 2.17. The third-order valence-electron chi connectivity index (χ3n) is 4.36. The fraction of sp³-hybridized carbons (Fsp3) is 0.471. The Kier molecular flexibility index (Phi) is 3.97. The molecule has 0 saturated carbocycles. The van der Waals surface area contributed by atoms with Gasteiger partial charge in [-0.15, -0.1) is 0 Å². The number of fused-ring (bicyclic) bond motifs is 1. The van der Waals surface area contributed by atoms with Crippen molar-refractivity contribution in [3.05, 3.63) is 47.5 Å². The van der Waals surface area contributed by atoms with Crippen molar-refractivity contribution in [2.45, 2.75) is 38.8 Å². The molecule has 1 aliphatic rings. The number of rotatable bonds is 4. The maximum absolute atomic E-state index is 10.5. The van der Waals surface area contributed by atoms with E-state index in [1.165, 1.54) is 17.7 Å². The molecule has 0 bridgehead atoms. The maximum atomic E-state index is 10.5. The zero-order chi connectivity index (χ0) is 14.8. The quantitative estimate of drug-likeness (QED) is 0.938. The second-order valence-corrected chi connectivity index (χ2v) is 5.76. The van der Waals surface area contributed by atoms with Gasteiger partial charge in [-0.05, 0) is 37.0 Å². The van der Waals surface area contributed by atoms with Gasteiger partial charge in [-0.1, -0.05) is 12.1 Å². The van der Waals surface area contributed by atoms with Crippen molar-refractivity contribution < 1.29 is 5.11 Å². The lowest BCUT2D eigenvalue weighted by molar-refractivity contribution is 0.174. The molecule has 1 aliphatic heterocycles. The first-order chi connectivity index (χ1) is 10.2. The smallest absolute Gasteiger partial charge is 0.111 e. The first kappa shape index (κ1) is 14.1. The number of aliphatic hydroxyl groups is 1. The van der Waals surface area contributed by atoms with E-state index in [0.717, 1.165) is 30.9 Å². The molecule has 2 aromatic rings. The minimum atomic E-state index is -0.491. The second kappa shape index (κ2) is 5.90. The van der Waals surface area contributed by atoms with Crippen LogP contribution in [0.15, 0.2) is 30.6 Å². The normalized spacial score (nSPS) is 15.9. The van der Waals surface area contributed by atoms with Gasteiger partial charge in [-0.2, -0.15) is 0 Å². The minimum Gasteiger partial charge on any atom is -0.388 e. The van der Waals surface area contributed by atoms with E-state index in [-0.39, 0.29) is 0 Å². The molecule has 112 valence electrons. The summed E-state index contributed by atoms with van der Waals surface area (Å²) in [6, 6.07) is 6.35. The summed E-state index contributed by atoms with van der Waals surface area (Å²) in [5.74, 6) is 0.944. The topological polar surface area (TPSA) is 41.3 Å². The van der Waals surface area contributed by atoms with Crippen LogP contribution in [0.2, 0.25) is 0 Å². The van der Waals surface area contributed by atoms with Gasteiger partial charge < -0.3 is 14.6 Å². The SMILES string of the molecule is CCn1ccnc1CC(O)c1ccc2c(c1)CCCN2C. The number of aromatic nitrogens is 2. The Labute approximate surface area is 126 Å². The summed E-state index contributed by atoms with van der Waals surface area (Å²) in [6.07, 6.45) is 6.12. The summed E-state index contributed by atoms with van der Waals surface area (Å²) in [6.45, 7) is 4.09. The highest BCUT2D eigenvalue weighted by atomic mass is 16.3. The van der Waals surface area contributed by atoms with Gasteiger partial charge in [0.05, 0.1) is 6.10 Å². The van der Waals surface area contributed by atoms with Crippen molar-refractivity contribution in [3.63, 3.8) is 0 Å². The van der Waals surface area contributed by atoms with Crippen molar-refractivity contribution in [3.8, 4) is 0 Å². The third-order valence-corrected chi connectivity index (χ3v) is 4.36. The molecule has 4 nitrogen and oxygen atoms in total. The van der Waals surface area contributed by atoms with Gasteiger partial charge in [-0.3, -0.25) is 0 Å². The van der Waals surface area contributed by atoms with E-state index in [2.05, 4.69) is 40.6 Å². The highest BCUT2D eigenvalue weighted by Crippen LogP contribution is 2.29. The molecule has 1 atom stereocenters. The lowest BCUT2D eigenvalue weighted by atomic mass is 9.96. The first-order valence-electron chi connectivity index (χ1n) is 7.71.